The second kappa shape index (κ2) is 7.50. The molecule has 0 spiro atoms. The highest BCUT2D eigenvalue weighted by molar-refractivity contribution is 6.34. The molecule has 4 nitrogen and oxygen atoms in total. The summed E-state index contributed by atoms with van der Waals surface area (Å²) in [6.45, 7) is 1.96. The number of nitrogens with one attached hydrogen (secondary N) is 1. The third-order valence-electron chi connectivity index (χ3n) is 4.59. The van der Waals surface area contributed by atoms with Crippen molar-refractivity contribution in [1.29, 1.82) is 0 Å². The van der Waals surface area contributed by atoms with Crippen LogP contribution in [0.4, 0.5) is 18.9 Å². The van der Waals surface area contributed by atoms with Crippen molar-refractivity contribution in [2.24, 2.45) is 0 Å². The number of alkyl halides is 3. The first kappa shape index (κ1) is 20.0. The number of amides is 1. The van der Waals surface area contributed by atoms with Gasteiger partial charge in [-0.25, -0.2) is 0 Å². The fourth-order valence-electron chi connectivity index (χ4n) is 2.99. The van der Waals surface area contributed by atoms with Crippen LogP contribution >= 0.6 is 11.6 Å². The van der Waals surface area contributed by atoms with E-state index in [0.717, 1.165) is 29.3 Å². The van der Waals surface area contributed by atoms with Gasteiger partial charge < -0.3 is 9.84 Å². The Bertz CT molecular complexity index is 1250. The molecule has 1 amide bonds. The van der Waals surface area contributed by atoms with Crippen molar-refractivity contribution in [3.8, 4) is 11.3 Å². The maximum Gasteiger partial charge on any atom is 0.416 e. The van der Waals surface area contributed by atoms with E-state index in [2.05, 4.69) is 10.5 Å². The smallest absolute Gasteiger partial charge is 0.355 e. The van der Waals surface area contributed by atoms with Crippen LogP contribution in [0.25, 0.3) is 22.2 Å². The van der Waals surface area contributed by atoms with Gasteiger partial charge >= 0.3 is 6.18 Å². The molecule has 8 heteroatoms. The van der Waals surface area contributed by atoms with Crippen molar-refractivity contribution in [2.75, 3.05) is 5.32 Å². The van der Waals surface area contributed by atoms with Gasteiger partial charge in [0, 0.05) is 11.1 Å². The second-order valence-electron chi connectivity index (χ2n) is 6.76. The van der Waals surface area contributed by atoms with E-state index in [4.69, 9.17) is 16.1 Å². The number of fused-ring (bicyclic) bond motifs is 1. The molecule has 0 fully saturated rings. The summed E-state index contributed by atoms with van der Waals surface area (Å²) >= 11 is 5.97. The molecule has 1 aromatic heterocycles. The van der Waals surface area contributed by atoms with E-state index in [1.165, 1.54) is 6.07 Å². The van der Waals surface area contributed by atoms with Gasteiger partial charge in [0.25, 0.3) is 5.91 Å². The number of nitrogens with zero attached hydrogens (tertiary/aromatic N) is 1. The number of hydrogen-bond donors (Lipinski definition) is 1. The van der Waals surface area contributed by atoms with Gasteiger partial charge in [0.05, 0.1) is 21.7 Å². The molecule has 0 bridgehead atoms. The fourth-order valence-corrected chi connectivity index (χ4v) is 3.15. The van der Waals surface area contributed by atoms with Gasteiger partial charge in [-0.05, 0) is 43.3 Å². The van der Waals surface area contributed by atoms with Crippen molar-refractivity contribution >= 4 is 34.1 Å². The van der Waals surface area contributed by atoms with Gasteiger partial charge in [-0.2, -0.15) is 13.2 Å². The predicted molar refractivity (Wildman–Crippen MR) is 109 cm³/mol. The zero-order valence-electron chi connectivity index (χ0n) is 15.5. The maximum absolute atomic E-state index is 13.0. The number of anilines is 1. The third kappa shape index (κ3) is 3.89. The molecule has 0 aliphatic carbocycles. The molecule has 152 valence electrons. The number of hydrogen-bond acceptors (Lipinski definition) is 3. The molecule has 4 rings (SSSR count). The highest BCUT2D eigenvalue weighted by Gasteiger charge is 2.31. The summed E-state index contributed by atoms with van der Waals surface area (Å²) in [6.07, 6.45) is -4.55. The van der Waals surface area contributed by atoms with E-state index >= 15 is 0 Å². The highest BCUT2D eigenvalue weighted by Crippen LogP contribution is 2.34. The van der Waals surface area contributed by atoms with Gasteiger partial charge in [-0.15, -0.1) is 0 Å². The summed E-state index contributed by atoms with van der Waals surface area (Å²) in [5, 5.41) is 7.06. The predicted octanol–water partition coefficient (Wildman–Crippen LogP) is 6.73. The SMILES string of the molecule is Cc1ccc(-c2onc3ccc(C(=O)Nc4cc(C(F)(F)F)ccc4Cl)cc23)cc1. The molecule has 0 atom stereocenters. The lowest BCUT2D eigenvalue weighted by Crippen LogP contribution is -2.13. The zero-order valence-corrected chi connectivity index (χ0v) is 16.3. The monoisotopic (exact) mass is 430 g/mol. The van der Waals surface area contributed by atoms with Crippen LogP contribution in [0.5, 0.6) is 0 Å². The number of benzene rings is 3. The van der Waals surface area contributed by atoms with Gasteiger partial charge in [0.2, 0.25) is 0 Å². The lowest BCUT2D eigenvalue weighted by Gasteiger charge is -2.11. The lowest BCUT2D eigenvalue weighted by molar-refractivity contribution is -0.137. The molecule has 30 heavy (non-hydrogen) atoms. The molecule has 4 aromatic rings. The lowest BCUT2D eigenvalue weighted by atomic mass is 10.0. The average Bonchev–Trinajstić information content (AvgIpc) is 3.12. The topological polar surface area (TPSA) is 55.1 Å². The second-order valence-corrected chi connectivity index (χ2v) is 7.16. The van der Waals surface area contributed by atoms with Gasteiger partial charge in [-0.1, -0.05) is 46.6 Å². The molecule has 0 unspecified atom stereocenters. The van der Waals surface area contributed by atoms with Gasteiger partial charge in [0.1, 0.15) is 5.52 Å². The van der Waals surface area contributed by atoms with E-state index in [-0.39, 0.29) is 16.3 Å². The van der Waals surface area contributed by atoms with E-state index in [9.17, 15) is 18.0 Å². The zero-order chi connectivity index (χ0) is 21.5. The van der Waals surface area contributed by atoms with Crippen molar-refractivity contribution in [3.05, 3.63) is 82.4 Å². The third-order valence-corrected chi connectivity index (χ3v) is 4.92. The van der Waals surface area contributed by atoms with Crippen LogP contribution in [0.2, 0.25) is 5.02 Å². The van der Waals surface area contributed by atoms with E-state index in [1.54, 1.807) is 12.1 Å². The Morgan fingerprint density at radius 3 is 2.47 bits per heavy atom. The minimum absolute atomic E-state index is 0.00255. The van der Waals surface area contributed by atoms with Crippen molar-refractivity contribution in [3.63, 3.8) is 0 Å². The van der Waals surface area contributed by atoms with Gasteiger partial charge in [0.15, 0.2) is 5.76 Å². The molecule has 1 heterocycles. The summed E-state index contributed by atoms with van der Waals surface area (Å²) in [5.74, 6) is -0.106. The molecular weight excluding hydrogens is 417 g/mol. The van der Waals surface area contributed by atoms with E-state index in [0.29, 0.717) is 16.7 Å². The Balaban J connectivity index is 1.68. The summed E-state index contributed by atoms with van der Waals surface area (Å²) in [4.78, 5) is 12.7. The van der Waals surface area contributed by atoms with Crippen LogP contribution in [0.1, 0.15) is 21.5 Å². The first-order valence-corrected chi connectivity index (χ1v) is 9.25. The number of carbonyl (C=O) groups is 1. The van der Waals surface area contributed by atoms with Gasteiger partial charge in [-0.3, -0.25) is 4.79 Å². The summed E-state index contributed by atoms with van der Waals surface area (Å²) < 4.78 is 44.3. The Kier molecular flexibility index (Phi) is 4.99. The van der Waals surface area contributed by atoms with Crippen LogP contribution in [0, 0.1) is 6.92 Å². The van der Waals surface area contributed by atoms with Crippen LogP contribution in [0.3, 0.4) is 0 Å². The maximum atomic E-state index is 13.0. The molecular formula is C22H14ClF3N2O2. The minimum atomic E-state index is -4.55. The number of halogens is 4. The summed E-state index contributed by atoms with van der Waals surface area (Å²) in [6, 6.07) is 15.1. The minimum Gasteiger partial charge on any atom is -0.355 e. The quantitative estimate of drug-likeness (QED) is 0.392. The Labute approximate surface area is 174 Å². The molecule has 3 aromatic carbocycles. The van der Waals surface area contributed by atoms with Crippen LogP contribution in [-0.2, 0) is 6.18 Å². The van der Waals surface area contributed by atoms with Crippen LogP contribution < -0.4 is 5.32 Å². The first-order valence-electron chi connectivity index (χ1n) is 8.87. The summed E-state index contributed by atoms with van der Waals surface area (Å²) in [5.41, 5.74) is 1.63. The van der Waals surface area contributed by atoms with Crippen molar-refractivity contribution in [1.82, 2.24) is 5.16 Å². The largest absolute Gasteiger partial charge is 0.416 e. The molecule has 0 aliphatic heterocycles. The standard InChI is InChI=1S/C22H14ClF3N2O2/c1-12-2-4-13(5-3-12)20-16-10-14(6-9-18(16)28-30-20)21(29)27-19-11-15(22(24,25)26)7-8-17(19)23/h2-11H,1H3,(H,27,29). The number of carbonyl (C=O) groups excluding carboxylic acids is 1. The molecule has 0 aliphatic rings. The van der Waals surface area contributed by atoms with Crippen molar-refractivity contribution < 1.29 is 22.5 Å². The number of aryl methyl sites for hydroxylation is 1. The fraction of sp³-hybridized carbons (Fsp3) is 0.0909. The van der Waals surface area contributed by atoms with E-state index < -0.39 is 17.6 Å². The molecule has 0 saturated carbocycles. The average molecular weight is 431 g/mol. The highest BCUT2D eigenvalue weighted by atomic mass is 35.5. The molecule has 0 radical (unpaired) electrons. The Morgan fingerprint density at radius 2 is 1.77 bits per heavy atom. The first-order chi connectivity index (χ1) is 14.2. The summed E-state index contributed by atoms with van der Waals surface area (Å²) in [7, 11) is 0. The molecule has 0 saturated heterocycles. The number of aromatic nitrogens is 1. The van der Waals surface area contributed by atoms with Crippen LogP contribution in [0.15, 0.2) is 65.2 Å². The molecule has 1 N–H and O–H groups in total. The van der Waals surface area contributed by atoms with Crippen molar-refractivity contribution in [2.45, 2.75) is 13.1 Å². The number of rotatable bonds is 3. The Hall–Kier alpha value is -3.32. The Morgan fingerprint density at radius 1 is 1.03 bits per heavy atom. The van der Waals surface area contributed by atoms with Crippen LogP contribution in [-0.4, -0.2) is 11.1 Å². The van der Waals surface area contributed by atoms with E-state index in [1.807, 2.05) is 31.2 Å². The normalized spacial score (nSPS) is 11.6.